The number of ether oxygens (including phenoxy) is 1. The van der Waals surface area contributed by atoms with Crippen molar-refractivity contribution in [3.63, 3.8) is 0 Å². The van der Waals surface area contributed by atoms with Crippen LogP contribution >= 0.6 is 22.7 Å². The SMILES string of the molecule is CCNC(=NCC(C)c1cccs1)N(C)Cc1csc(C(C)OC)n1. The minimum absolute atomic E-state index is 0.0394. The van der Waals surface area contributed by atoms with Crippen molar-refractivity contribution in [2.24, 2.45) is 4.99 Å². The number of hydrogen-bond donors (Lipinski definition) is 1. The summed E-state index contributed by atoms with van der Waals surface area (Å²) in [6.07, 6.45) is 0.0394. The molecular formula is C18H28N4OS2. The molecule has 2 aromatic heterocycles. The van der Waals surface area contributed by atoms with E-state index < -0.39 is 0 Å². The average molecular weight is 381 g/mol. The van der Waals surface area contributed by atoms with Crippen molar-refractivity contribution in [3.05, 3.63) is 38.5 Å². The van der Waals surface area contributed by atoms with Gasteiger partial charge in [0.15, 0.2) is 5.96 Å². The molecule has 2 unspecified atom stereocenters. The topological polar surface area (TPSA) is 49.8 Å². The normalized spacial score (nSPS) is 14.4. The third-order valence-corrected chi connectivity index (χ3v) is 6.07. The second-order valence-corrected chi connectivity index (χ2v) is 7.89. The highest BCUT2D eigenvalue weighted by molar-refractivity contribution is 7.10. The van der Waals surface area contributed by atoms with Gasteiger partial charge in [-0.15, -0.1) is 22.7 Å². The molecule has 7 heteroatoms. The molecule has 25 heavy (non-hydrogen) atoms. The summed E-state index contributed by atoms with van der Waals surface area (Å²) in [7, 11) is 3.76. The molecule has 5 nitrogen and oxygen atoms in total. The fourth-order valence-corrected chi connectivity index (χ4v) is 3.98. The van der Waals surface area contributed by atoms with Crippen LogP contribution in [-0.2, 0) is 11.3 Å². The van der Waals surface area contributed by atoms with Gasteiger partial charge in [-0.1, -0.05) is 13.0 Å². The summed E-state index contributed by atoms with van der Waals surface area (Å²) in [5, 5.41) is 8.60. The Labute approximate surface area is 158 Å². The fourth-order valence-electron chi connectivity index (χ4n) is 2.36. The Bertz CT molecular complexity index is 654. The molecule has 0 amide bonds. The van der Waals surface area contributed by atoms with Gasteiger partial charge in [-0.3, -0.25) is 4.99 Å². The van der Waals surface area contributed by atoms with E-state index in [1.54, 1.807) is 29.8 Å². The summed E-state index contributed by atoms with van der Waals surface area (Å²) in [6, 6.07) is 4.27. The van der Waals surface area contributed by atoms with E-state index in [2.05, 4.69) is 59.0 Å². The van der Waals surface area contributed by atoms with Crippen LogP contribution in [0.2, 0.25) is 0 Å². The van der Waals surface area contributed by atoms with Crippen LogP contribution in [0, 0.1) is 0 Å². The van der Waals surface area contributed by atoms with Crippen LogP contribution in [0.25, 0.3) is 0 Å². The number of nitrogens with zero attached hydrogens (tertiary/aromatic N) is 3. The Morgan fingerprint density at radius 1 is 1.40 bits per heavy atom. The number of nitrogens with one attached hydrogen (secondary N) is 1. The molecule has 0 spiro atoms. The highest BCUT2D eigenvalue weighted by atomic mass is 32.1. The van der Waals surface area contributed by atoms with Gasteiger partial charge in [0, 0.05) is 36.9 Å². The van der Waals surface area contributed by atoms with Crippen LogP contribution in [0.15, 0.2) is 27.9 Å². The third-order valence-electron chi connectivity index (χ3n) is 3.91. The van der Waals surface area contributed by atoms with E-state index in [1.165, 1.54) is 4.88 Å². The predicted octanol–water partition coefficient (Wildman–Crippen LogP) is 4.11. The minimum atomic E-state index is 0.0394. The van der Waals surface area contributed by atoms with Gasteiger partial charge in [0.05, 0.1) is 18.8 Å². The number of thiazole rings is 1. The van der Waals surface area contributed by atoms with Gasteiger partial charge in [-0.05, 0) is 25.3 Å². The smallest absolute Gasteiger partial charge is 0.194 e. The largest absolute Gasteiger partial charge is 0.375 e. The predicted molar refractivity (Wildman–Crippen MR) is 108 cm³/mol. The Morgan fingerprint density at radius 3 is 2.84 bits per heavy atom. The van der Waals surface area contributed by atoms with E-state index in [0.29, 0.717) is 5.92 Å². The van der Waals surface area contributed by atoms with Crippen LogP contribution < -0.4 is 5.32 Å². The van der Waals surface area contributed by atoms with E-state index in [-0.39, 0.29) is 6.10 Å². The van der Waals surface area contributed by atoms with Gasteiger partial charge in [0.2, 0.25) is 0 Å². The molecule has 0 aromatic carbocycles. The molecule has 2 aromatic rings. The van der Waals surface area contributed by atoms with E-state index in [4.69, 9.17) is 9.73 Å². The lowest BCUT2D eigenvalue weighted by molar-refractivity contribution is 0.119. The second-order valence-electron chi connectivity index (χ2n) is 6.02. The number of hydrogen-bond acceptors (Lipinski definition) is 5. The van der Waals surface area contributed by atoms with Gasteiger partial charge in [-0.2, -0.15) is 0 Å². The first-order chi connectivity index (χ1) is 12.0. The first kappa shape index (κ1) is 19.9. The van der Waals surface area contributed by atoms with Crippen molar-refractivity contribution in [2.75, 3.05) is 27.2 Å². The first-order valence-corrected chi connectivity index (χ1v) is 10.3. The maximum absolute atomic E-state index is 5.34. The van der Waals surface area contributed by atoms with Crippen molar-refractivity contribution in [3.8, 4) is 0 Å². The molecule has 2 heterocycles. The van der Waals surface area contributed by atoms with E-state index in [9.17, 15) is 0 Å². The van der Waals surface area contributed by atoms with Crippen molar-refractivity contribution in [2.45, 2.75) is 39.3 Å². The van der Waals surface area contributed by atoms with Gasteiger partial charge in [0.25, 0.3) is 0 Å². The standard InChI is InChI=1S/C18H28N4OS2/c1-6-19-18(20-10-13(2)16-8-7-9-24-16)22(4)11-15-12-25-17(21-15)14(3)23-5/h7-9,12-14H,6,10-11H2,1-5H3,(H,19,20). The van der Waals surface area contributed by atoms with E-state index >= 15 is 0 Å². The number of aromatic nitrogens is 1. The molecule has 1 N–H and O–H groups in total. The molecule has 138 valence electrons. The minimum Gasteiger partial charge on any atom is -0.375 e. The highest BCUT2D eigenvalue weighted by Crippen LogP contribution is 2.22. The summed E-state index contributed by atoms with van der Waals surface area (Å²) in [5.74, 6) is 1.34. The number of guanidine groups is 1. The van der Waals surface area contributed by atoms with Crippen LogP contribution in [0.3, 0.4) is 0 Å². The molecule has 0 fully saturated rings. The van der Waals surface area contributed by atoms with Crippen molar-refractivity contribution >= 4 is 28.6 Å². The zero-order valence-corrected chi connectivity index (χ0v) is 17.3. The molecule has 2 atom stereocenters. The van der Waals surface area contributed by atoms with Crippen molar-refractivity contribution < 1.29 is 4.74 Å². The van der Waals surface area contributed by atoms with Gasteiger partial charge < -0.3 is 15.0 Å². The zero-order valence-electron chi connectivity index (χ0n) is 15.7. The van der Waals surface area contributed by atoms with Crippen LogP contribution in [0.1, 0.15) is 48.4 Å². The molecule has 0 saturated carbocycles. The molecule has 2 rings (SSSR count). The fraction of sp³-hybridized carbons (Fsp3) is 0.556. The van der Waals surface area contributed by atoms with Gasteiger partial charge in [-0.25, -0.2) is 4.98 Å². The van der Waals surface area contributed by atoms with Gasteiger partial charge in [0.1, 0.15) is 11.1 Å². The first-order valence-electron chi connectivity index (χ1n) is 8.55. The van der Waals surface area contributed by atoms with Crippen LogP contribution in [0.5, 0.6) is 0 Å². The van der Waals surface area contributed by atoms with E-state index in [1.807, 2.05) is 6.92 Å². The molecule has 0 radical (unpaired) electrons. The highest BCUT2D eigenvalue weighted by Gasteiger charge is 2.13. The second kappa shape index (κ2) is 9.89. The van der Waals surface area contributed by atoms with Crippen molar-refractivity contribution in [1.82, 2.24) is 15.2 Å². The Kier molecular flexibility index (Phi) is 7.87. The quantitative estimate of drug-likeness (QED) is 0.553. The summed E-state index contributed by atoms with van der Waals surface area (Å²) in [4.78, 5) is 13.0. The summed E-state index contributed by atoms with van der Waals surface area (Å²) in [5.41, 5.74) is 1.04. The number of methoxy groups -OCH3 is 1. The molecule has 0 saturated heterocycles. The Balaban J connectivity index is 2.00. The summed E-state index contributed by atoms with van der Waals surface area (Å²) in [6.45, 7) is 8.68. The average Bonchev–Trinajstić information content (AvgIpc) is 3.29. The third kappa shape index (κ3) is 5.80. The molecule has 0 aliphatic heterocycles. The number of rotatable bonds is 8. The lowest BCUT2D eigenvalue weighted by Crippen LogP contribution is -2.38. The molecular weight excluding hydrogens is 352 g/mol. The molecule has 0 aliphatic rings. The summed E-state index contributed by atoms with van der Waals surface area (Å²) < 4.78 is 5.34. The van der Waals surface area contributed by atoms with Crippen LogP contribution in [-0.4, -0.2) is 43.1 Å². The number of thiophene rings is 1. The van der Waals surface area contributed by atoms with Crippen LogP contribution in [0.4, 0.5) is 0 Å². The van der Waals surface area contributed by atoms with E-state index in [0.717, 1.165) is 36.3 Å². The maximum Gasteiger partial charge on any atom is 0.194 e. The lowest BCUT2D eigenvalue weighted by Gasteiger charge is -2.21. The zero-order chi connectivity index (χ0) is 18.2. The van der Waals surface area contributed by atoms with Gasteiger partial charge >= 0.3 is 0 Å². The maximum atomic E-state index is 5.34. The molecule has 0 bridgehead atoms. The Morgan fingerprint density at radius 2 is 2.20 bits per heavy atom. The summed E-state index contributed by atoms with van der Waals surface area (Å²) >= 11 is 3.43. The monoisotopic (exact) mass is 380 g/mol. The van der Waals surface area contributed by atoms with Crippen molar-refractivity contribution in [1.29, 1.82) is 0 Å². The Hall–Kier alpha value is -1.44. The molecule has 0 aliphatic carbocycles. The number of aliphatic imine (C=N–C) groups is 1. The lowest BCUT2D eigenvalue weighted by atomic mass is 10.1.